The second-order valence-corrected chi connectivity index (χ2v) is 8.70. The maximum atomic E-state index is 6.08. The third-order valence-electron chi connectivity index (χ3n) is 6.41. The van der Waals surface area contributed by atoms with Gasteiger partial charge in [-0.2, -0.15) is 15.2 Å². The van der Waals surface area contributed by atoms with Crippen molar-refractivity contribution in [1.29, 1.82) is 0 Å². The van der Waals surface area contributed by atoms with Crippen molar-refractivity contribution in [1.82, 2.24) is 34.4 Å². The molecule has 6 rings (SSSR count). The fourth-order valence-corrected chi connectivity index (χ4v) is 4.43. The number of aryl methyl sites for hydroxylation is 1. The predicted octanol–water partition coefficient (Wildman–Crippen LogP) is 2.78. The lowest BCUT2D eigenvalue weighted by Crippen LogP contribution is -2.44. The molecule has 1 fully saturated rings. The zero-order valence-electron chi connectivity index (χ0n) is 19.2. The molecule has 0 bridgehead atoms. The normalized spacial score (nSPS) is 14.8. The van der Waals surface area contributed by atoms with Gasteiger partial charge in [0.2, 0.25) is 5.95 Å². The summed E-state index contributed by atoms with van der Waals surface area (Å²) in [6, 6.07) is 14.4. The van der Waals surface area contributed by atoms with Crippen LogP contribution in [0.5, 0.6) is 0 Å². The molecule has 3 aromatic heterocycles. The van der Waals surface area contributed by atoms with Crippen LogP contribution in [0.1, 0.15) is 0 Å². The summed E-state index contributed by atoms with van der Waals surface area (Å²) in [6.45, 7) is 4.26. The van der Waals surface area contributed by atoms with Crippen molar-refractivity contribution in [2.75, 3.05) is 49.2 Å². The Morgan fingerprint density at radius 1 is 0.912 bits per heavy atom. The fraction of sp³-hybridized carbons (Fsp3) is 0.250. The van der Waals surface area contributed by atoms with Crippen LogP contribution < -0.4 is 16.0 Å². The number of piperazine rings is 1. The number of anilines is 4. The van der Waals surface area contributed by atoms with Gasteiger partial charge in [-0.1, -0.05) is 0 Å². The molecular weight excluding hydrogens is 428 g/mol. The molecule has 5 aromatic rings. The Bertz CT molecular complexity index is 1480. The lowest BCUT2D eigenvalue weighted by atomic mass is 10.2. The quantitative estimate of drug-likeness (QED) is 0.427. The van der Waals surface area contributed by atoms with Crippen molar-refractivity contribution in [3.05, 3.63) is 54.9 Å². The van der Waals surface area contributed by atoms with E-state index in [1.807, 2.05) is 25.2 Å². The van der Waals surface area contributed by atoms with Crippen LogP contribution in [0.15, 0.2) is 54.9 Å². The Morgan fingerprint density at radius 2 is 1.68 bits per heavy atom. The second-order valence-electron chi connectivity index (χ2n) is 8.70. The number of hydrogen-bond acceptors (Lipinski definition) is 8. The highest BCUT2D eigenvalue weighted by Crippen LogP contribution is 2.26. The number of hydrogen-bond donors (Lipinski definition) is 2. The van der Waals surface area contributed by atoms with Crippen LogP contribution in [0.3, 0.4) is 0 Å². The van der Waals surface area contributed by atoms with Crippen molar-refractivity contribution < 1.29 is 0 Å². The number of nitrogens with one attached hydrogen (secondary N) is 1. The van der Waals surface area contributed by atoms with Crippen molar-refractivity contribution in [3.8, 4) is 5.69 Å². The van der Waals surface area contributed by atoms with Crippen LogP contribution in [-0.4, -0.2) is 67.7 Å². The minimum absolute atomic E-state index is 0.493. The van der Waals surface area contributed by atoms with Crippen LogP contribution in [0.2, 0.25) is 0 Å². The van der Waals surface area contributed by atoms with E-state index in [4.69, 9.17) is 10.7 Å². The zero-order chi connectivity index (χ0) is 23.2. The summed E-state index contributed by atoms with van der Waals surface area (Å²) in [5, 5.41) is 13.9. The molecule has 1 aliphatic heterocycles. The maximum absolute atomic E-state index is 6.08. The van der Waals surface area contributed by atoms with Crippen molar-refractivity contribution in [2.45, 2.75) is 0 Å². The molecule has 0 spiro atoms. The summed E-state index contributed by atoms with van der Waals surface area (Å²) in [6.07, 6.45) is 3.55. The highest BCUT2D eigenvalue weighted by molar-refractivity contribution is 5.91. The lowest BCUT2D eigenvalue weighted by molar-refractivity contribution is 0.313. The van der Waals surface area contributed by atoms with E-state index in [1.165, 1.54) is 5.69 Å². The van der Waals surface area contributed by atoms with Gasteiger partial charge in [-0.05, 0) is 49.5 Å². The van der Waals surface area contributed by atoms with Crippen molar-refractivity contribution in [2.24, 2.45) is 7.05 Å². The molecule has 0 unspecified atom stereocenters. The number of nitrogens with zero attached hydrogens (tertiary/aromatic N) is 8. The first kappa shape index (κ1) is 20.4. The number of likely N-dealkylation sites (N-methyl/N-ethyl adjacent to an activating group) is 1. The van der Waals surface area contributed by atoms with E-state index in [1.54, 1.807) is 21.8 Å². The van der Waals surface area contributed by atoms with Crippen LogP contribution in [0.25, 0.3) is 27.6 Å². The van der Waals surface area contributed by atoms with Crippen LogP contribution in [0.4, 0.5) is 23.1 Å². The van der Waals surface area contributed by atoms with Gasteiger partial charge >= 0.3 is 0 Å². The van der Waals surface area contributed by atoms with Gasteiger partial charge in [0.1, 0.15) is 0 Å². The van der Waals surface area contributed by atoms with Gasteiger partial charge in [-0.15, -0.1) is 0 Å². The largest absolute Gasteiger partial charge is 0.382 e. The van der Waals surface area contributed by atoms with Crippen molar-refractivity contribution in [3.63, 3.8) is 0 Å². The Kier molecular flexibility index (Phi) is 4.80. The first-order chi connectivity index (χ1) is 16.5. The number of benzene rings is 2. The van der Waals surface area contributed by atoms with Gasteiger partial charge in [0.15, 0.2) is 11.5 Å². The minimum atomic E-state index is 0.493. The molecule has 172 valence electrons. The Balaban J connectivity index is 1.27. The molecule has 1 aliphatic rings. The van der Waals surface area contributed by atoms with Crippen LogP contribution >= 0.6 is 0 Å². The summed E-state index contributed by atoms with van der Waals surface area (Å²) < 4.78 is 3.57. The third kappa shape index (κ3) is 3.57. The van der Waals surface area contributed by atoms with Gasteiger partial charge < -0.3 is 20.9 Å². The minimum Gasteiger partial charge on any atom is -0.382 e. The molecule has 4 heterocycles. The van der Waals surface area contributed by atoms with Gasteiger partial charge in [-0.25, -0.2) is 9.67 Å². The van der Waals surface area contributed by atoms with E-state index in [0.717, 1.165) is 53.8 Å². The molecule has 1 saturated heterocycles. The topological polar surface area (TPSA) is 106 Å². The number of aromatic nitrogens is 6. The molecule has 3 N–H and O–H groups in total. The van der Waals surface area contributed by atoms with Crippen LogP contribution in [-0.2, 0) is 7.05 Å². The fourth-order valence-electron chi connectivity index (χ4n) is 4.43. The standard InChI is InChI=1S/C24H26N10/c1-31-9-11-33(12-10-31)18-5-3-17(4-6-18)28-24-26-14-16-15-27-34(23(16)29-24)19-7-8-21-20(13-19)22(25)30-32(21)2/h3-8,13-15H,9-12H2,1-2H3,(H2,25,30)(H,26,28,29). The Labute approximate surface area is 196 Å². The Morgan fingerprint density at radius 3 is 2.47 bits per heavy atom. The van der Waals surface area contributed by atoms with E-state index < -0.39 is 0 Å². The zero-order valence-corrected chi connectivity index (χ0v) is 19.2. The maximum Gasteiger partial charge on any atom is 0.229 e. The van der Waals surface area contributed by atoms with E-state index in [9.17, 15) is 0 Å². The molecular formula is C24H26N10. The molecule has 0 atom stereocenters. The predicted molar refractivity (Wildman–Crippen MR) is 135 cm³/mol. The average Bonchev–Trinajstić information content (AvgIpc) is 3.40. The molecule has 0 aliphatic carbocycles. The van der Waals surface area contributed by atoms with E-state index in [-0.39, 0.29) is 0 Å². The number of rotatable bonds is 4. The summed E-state index contributed by atoms with van der Waals surface area (Å²) in [7, 11) is 4.05. The molecule has 34 heavy (non-hydrogen) atoms. The number of nitrogens with two attached hydrogens (primary N) is 1. The lowest BCUT2D eigenvalue weighted by Gasteiger charge is -2.34. The highest BCUT2D eigenvalue weighted by Gasteiger charge is 2.15. The van der Waals surface area contributed by atoms with Gasteiger partial charge in [0.05, 0.1) is 22.8 Å². The molecule has 0 amide bonds. The average molecular weight is 455 g/mol. The smallest absolute Gasteiger partial charge is 0.229 e. The van der Waals surface area contributed by atoms with Gasteiger partial charge in [0.25, 0.3) is 0 Å². The molecule has 2 aromatic carbocycles. The SMILES string of the molecule is CN1CCN(c2ccc(Nc3ncc4cnn(-c5ccc6c(c5)c(N)nn6C)c4n3)cc2)CC1. The number of fused-ring (bicyclic) bond motifs is 2. The second kappa shape index (κ2) is 7.99. The van der Waals surface area contributed by atoms with Gasteiger partial charge in [-0.3, -0.25) is 4.68 Å². The van der Waals surface area contributed by atoms with Crippen molar-refractivity contribution >= 4 is 45.1 Å². The molecule has 10 nitrogen and oxygen atoms in total. The monoisotopic (exact) mass is 454 g/mol. The first-order valence-electron chi connectivity index (χ1n) is 11.3. The molecule has 0 saturated carbocycles. The summed E-state index contributed by atoms with van der Waals surface area (Å²) >= 11 is 0. The van der Waals surface area contributed by atoms with Crippen LogP contribution in [0, 0.1) is 0 Å². The highest BCUT2D eigenvalue weighted by atomic mass is 15.3. The van der Waals surface area contributed by atoms with E-state index in [0.29, 0.717) is 17.4 Å². The van der Waals surface area contributed by atoms with Gasteiger partial charge in [0, 0.05) is 56.2 Å². The first-order valence-corrected chi connectivity index (χ1v) is 11.3. The molecule has 10 heteroatoms. The summed E-state index contributed by atoms with van der Waals surface area (Å²) in [4.78, 5) is 14.0. The molecule has 0 radical (unpaired) electrons. The summed E-state index contributed by atoms with van der Waals surface area (Å²) in [5.41, 5.74) is 10.8. The Hall–Kier alpha value is -4.18. The van der Waals surface area contributed by atoms with E-state index >= 15 is 0 Å². The number of nitrogen functional groups attached to an aromatic ring is 1. The summed E-state index contributed by atoms with van der Waals surface area (Å²) in [5.74, 6) is 1.01. The van der Waals surface area contributed by atoms with E-state index in [2.05, 4.69) is 61.6 Å². The third-order valence-corrected chi connectivity index (χ3v) is 6.41.